The Labute approximate surface area is 210 Å². The lowest BCUT2D eigenvalue weighted by Crippen LogP contribution is -2.34. The molecular formula is C28H30N4O2S. The Morgan fingerprint density at radius 2 is 2.11 bits per heavy atom. The molecule has 1 aliphatic rings. The van der Waals surface area contributed by atoms with Crippen molar-refractivity contribution >= 4 is 28.1 Å². The largest absolute Gasteiger partial charge is 0.377 e. The Morgan fingerprint density at radius 3 is 2.91 bits per heavy atom. The molecule has 1 amide bonds. The molecule has 3 aromatic heterocycles. The Bertz CT molecular complexity index is 1240. The van der Waals surface area contributed by atoms with E-state index in [0.29, 0.717) is 18.2 Å². The van der Waals surface area contributed by atoms with Crippen LogP contribution < -0.4 is 5.32 Å². The number of nitrogens with zero attached hydrogens (tertiary/aromatic N) is 3. The molecule has 0 saturated carbocycles. The Hall–Kier alpha value is -3.13. The number of rotatable bonds is 10. The van der Waals surface area contributed by atoms with Gasteiger partial charge in [0.2, 0.25) is 0 Å². The number of benzene rings is 1. The number of carbonyl (C=O) groups is 1. The second-order valence-corrected chi connectivity index (χ2v) is 9.91. The number of thiophene rings is 1. The molecule has 0 radical (unpaired) electrons. The summed E-state index contributed by atoms with van der Waals surface area (Å²) in [5.74, 6) is -0.0716. The van der Waals surface area contributed by atoms with E-state index in [-0.39, 0.29) is 5.91 Å². The van der Waals surface area contributed by atoms with Crippen LogP contribution in [0.5, 0.6) is 0 Å². The van der Waals surface area contributed by atoms with E-state index in [1.807, 2.05) is 42.5 Å². The average Bonchev–Trinajstić information content (AvgIpc) is 3.61. The van der Waals surface area contributed by atoms with Crippen LogP contribution in [0.4, 0.5) is 0 Å². The van der Waals surface area contributed by atoms with Gasteiger partial charge in [0.15, 0.2) is 0 Å². The van der Waals surface area contributed by atoms with Crippen LogP contribution in [0.25, 0.3) is 22.2 Å². The van der Waals surface area contributed by atoms with Gasteiger partial charge in [-0.2, -0.15) is 0 Å². The number of nitrogens with one attached hydrogen (secondary N) is 1. The molecule has 5 rings (SSSR count). The number of para-hydroxylation sites is 1. The molecule has 1 fully saturated rings. The standard InChI is InChI=1S/C28H30N4O2S/c33-28(25-17-27(21-7-3-12-29-18-21)31-26-11-2-1-10-24(25)26)30-13-6-14-32(19-22-8-4-15-34-22)20-23-9-5-16-35-23/h1-3,5,7,9-12,16-18,22H,4,6,8,13-15,19-20H2,(H,30,33)/t22-/m0/s1. The lowest BCUT2D eigenvalue weighted by atomic mass is 10.0. The molecule has 1 aliphatic heterocycles. The van der Waals surface area contributed by atoms with Crippen LogP contribution in [-0.4, -0.2) is 53.1 Å². The topological polar surface area (TPSA) is 67.4 Å². The fraction of sp³-hybridized carbons (Fsp3) is 0.321. The molecule has 7 heteroatoms. The first-order chi connectivity index (χ1) is 17.3. The molecule has 1 N–H and O–H groups in total. The zero-order chi connectivity index (χ0) is 23.9. The van der Waals surface area contributed by atoms with E-state index < -0.39 is 0 Å². The number of ether oxygens (including phenoxy) is 1. The van der Waals surface area contributed by atoms with Crippen molar-refractivity contribution in [3.8, 4) is 11.3 Å². The minimum atomic E-state index is -0.0716. The van der Waals surface area contributed by atoms with Gasteiger partial charge in [0.25, 0.3) is 5.91 Å². The SMILES string of the molecule is O=C(NCCCN(Cc1cccs1)C[C@@H]1CCCO1)c1cc(-c2cccnc2)nc2ccccc12. The smallest absolute Gasteiger partial charge is 0.252 e. The molecule has 0 spiro atoms. The van der Waals surface area contributed by atoms with Crippen LogP contribution in [-0.2, 0) is 11.3 Å². The predicted octanol–water partition coefficient (Wildman–Crippen LogP) is 5.16. The molecular weight excluding hydrogens is 456 g/mol. The van der Waals surface area contributed by atoms with E-state index in [9.17, 15) is 4.79 Å². The van der Waals surface area contributed by atoms with Gasteiger partial charge in [-0.05, 0) is 55.0 Å². The predicted molar refractivity (Wildman–Crippen MR) is 140 cm³/mol. The minimum absolute atomic E-state index is 0.0716. The highest BCUT2D eigenvalue weighted by Gasteiger charge is 2.20. The van der Waals surface area contributed by atoms with Gasteiger partial charge in [-0.3, -0.25) is 14.7 Å². The van der Waals surface area contributed by atoms with Crippen molar-refractivity contribution in [1.82, 2.24) is 20.2 Å². The van der Waals surface area contributed by atoms with E-state index >= 15 is 0 Å². The lowest BCUT2D eigenvalue weighted by molar-refractivity contribution is 0.0702. The molecule has 0 unspecified atom stereocenters. The molecule has 1 aromatic carbocycles. The van der Waals surface area contributed by atoms with Gasteiger partial charge >= 0.3 is 0 Å². The van der Waals surface area contributed by atoms with Crippen LogP contribution in [0.2, 0.25) is 0 Å². The maximum absolute atomic E-state index is 13.2. The van der Waals surface area contributed by atoms with Gasteiger partial charge in [0.1, 0.15) is 0 Å². The van der Waals surface area contributed by atoms with Crippen molar-refractivity contribution in [2.45, 2.75) is 31.9 Å². The Kier molecular flexibility index (Phi) is 7.78. The summed E-state index contributed by atoms with van der Waals surface area (Å²) in [5, 5.41) is 6.12. The van der Waals surface area contributed by atoms with Crippen LogP contribution in [0.3, 0.4) is 0 Å². The van der Waals surface area contributed by atoms with Crippen molar-refractivity contribution in [3.63, 3.8) is 0 Å². The van der Waals surface area contributed by atoms with Crippen LogP contribution in [0.15, 0.2) is 72.4 Å². The second-order valence-electron chi connectivity index (χ2n) is 8.87. The molecule has 0 aliphatic carbocycles. The summed E-state index contributed by atoms with van der Waals surface area (Å²) < 4.78 is 5.88. The molecule has 1 atom stereocenters. The van der Waals surface area contributed by atoms with E-state index in [2.05, 4.69) is 32.7 Å². The van der Waals surface area contributed by atoms with Gasteiger partial charge in [0.05, 0.1) is 22.9 Å². The summed E-state index contributed by atoms with van der Waals surface area (Å²) in [4.78, 5) is 26.0. The van der Waals surface area contributed by atoms with E-state index in [0.717, 1.165) is 67.7 Å². The Balaban J connectivity index is 1.24. The van der Waals surface area contributed by atoms with Gasteiger partial charge in [-0.25, -0.2) is 4.98 Å². The maximum Gasteiger partial charge on any atom is 0.252 e. The zero-order valence-corrected chi connectivity index (χ0v) is 20.5. The Morgan fingerprint density at radius 1 is 1.17 bits per heavy atom. The molecule has 6 nitrogen and oxygen atoms in total. The summed E-state index contributed by atoms with van der Waals surface area (Å²) in [5.41, 5.74) is 3.09. The van der Waals surface area contributed by atoms with E-state index in [1.165, 1.54) is 4.88 Å². The second kappa shape index (κ2) is 11.5. The average molecular weight is 487 g/mol. The van der Waals surface area contributed by atoms with Gasteiger partial charge in [-0.1, -0.05) is 24.3 Å². The molecule has 1 saturated heterocycles. The molecule has 4 aromatic rings. The van der Waals surface area contributed by atoms with Crippen molar-refractivity contribution in [1.29, 1.82) is 0 Å². The normalized spacial score (nSPS) is 15.6. The number of carbonyl (C=O) groups excluding carboxylic acids is 1. The number of fused-ring (bicyclic) bond motifs is 1. The van der Waals surface area contributed by atoms with Gasteiger partial charge < -0.3 is 10.1 Å². The monoisotopic (exact) mass is 486 g/mol. The van der Waals surface area contributed by atoms with E-state index in [4.69, 9.17) is 9.72 Å². The minimum Gasteiger partial charge on any atom is -0.377 e. The lowest BCUT2D eigenvalue weighted by Gasteiger charge is -2.24. The van der Waals surface area contributed by atoms with Crippen molar-refractivity contribution in [2.24, 2.45) is 0 Å². The fourth-order valence-electron chi connectivity index (χ4n) is 4.56. The highest BCUT2D eigenvalue weighted by molar-refractivity contribution is 7.09. The van der Waals surface area contributed by atoms with Gasteiger partial charge in [0, 0.05) is 61.0 Å². The highest BCUT2D eigenvalue weighted by atomic mass is 32.1. The summed E-state index contributed by atoms with van der Waals surface area (Å²) >= 11 is 1.79. The summed E-state index contributed by atoms with van der Waals surface area (Å²) in [6.45, 7) is 4.26. The number of pyridine rings is 2. The third-order valence-corrected chi connectivity index (χ3v) is 7.16. The molecule has 0 bridgehead atoms. The maximum atomic E-state index is 13.2. The molecule has 180 valence electrons. The third-order valence-electron chi connectivity index (χ3n) is 6.30. The van der Waals surface area contributed by atoms with E-state index in [1.54, 1.807) is 23.7 Å². The summed E-state index contributed by atoms with van der Waals surface area (Å²) in [7, 11) is 0. The highest BCUT2D eigenvalue weighted by Crippen LogP contribution is 2.24. The van der Waals surface area contributed by atoms with Gasteiger partial charge in [-0.15, -0.1) is 11.3 Å². The molecule has 35 heavy (non-hydrogen) atoms. The number of amides is 1. The first-order valence-electron chi connectivity index (χ1n) is 12.2. The quantitative estimate of drug-likeness (QED) is 0.314. The summed E-state index contributed by atoms with van der Waals surface area (Å²) in [6, 6.07) is 17.8. The summed E-state index contributed by atoms with van der Waals surface area (Å²) in [6.07, 6.45) is 6.98. The first-order valence-corrected chi connectivity index (χ1v) is 13.1. The third kappa shape index (κ3) is 6.11. The fourth-order valence-corrected chi connectivity index (χ4v) is 5.31. The van der Waals surface area contributed by atoms with Crippen LogP contribution >= 0.6 is 11.3 Å². The van der Waals surface area contributed by atoms with Crippen molar-refractivity contribution in [2.75, 3.05) is 26.2 Å². The molecule has 4 heterocycles. The van der Waals surface area contributed by atoms with Crippen LogP contribution in [0, 0.1) is 0 Å². The first kappa shape index (κ1) is 23.6. The van der Waals surface area contributed by atoms with Crippen molar-refractivity contribution < 1.29 is 9.53 Å². The van der Waals surface area contributed by atoms with Crippen molar-refractivity contribution in [3.05, 3.63) is 82.8 Å². The number of aromatic nitrogens is 2. The number of hydrogen-bond acceptors (Lipinski definition) is 6. The zero-order valence-electron chi connectivity index (χ0n) is 19.7. The number of hydrogen-bond donors (Lipinski definition) is 1. The van der Waals surface area contributed by atoms with Crippen LogP contribution in [0.1, 0.15) is 34.5 Å².